The molecule has 0 fully saturated rings. The Bertz CT molecular complexity index is 493. The fourth-order valence-electron chi connectivity index (χ4n) is 1.38. The number of halogens is 1. The van der Waals surface area contributed by atoms with Gasteiger partial charge in [0.25, 0.3) is 0 Å². The van der Waals surface area contributed by atoms with E-state index in [1.165, 1.54) is 5.57 Å². The fourth-order valence-corrected chi connectivity index (χ4v) is 1.54. The lowest BCUT2D eigenvalue weighted by Gasteiger charge is -1.97. The molecule has 2 rings (SSSR count). The third-order valence-electron chi connectivity index (χ3n) is 1.93. The first-order chi connectivity index (χ1) is 6.66. The minimum atomic E-state index is 0.721. The summed E-state index contributed by atoms with van der Waals surface area (Å²) in [5, 5.41) is 0.721. The number of hydrogen-bond donors (Lipinski definition) is 0. The predicted molar refractivity (Wildman–Crippen MR) is 59.5 cm³/mol. The molecule has 0 saturated carbocycles. The van der Waals surface area contributed by atoms with Gasteiger partial charge in [0.05, 0.1) is 16.9 Å². The average molecular weight is 207 g/mol. The highest BCUT2D eigenvalue weighted by Crippen LogP contribution is 2.14. The Kier molecular flexibility index (Phi) is 2.30. The van der Waals surface area contributed by atoms with E-state index in [1.54, 1.807) is 0 Å². The topological polar surface area (TPSA) is 17.3 Å². The highest BCUT2D eigenvalue weighted by Gasteiger charge is 2.00. The third-order valence-corrected chi connectivity index (χ3v) is 2.16. The van der Waals surface area contributed by atoms with Crippen molar-refractivity contribution >= 4 is 23.3 Å². The number of allylic oxidation sites excluding steroid dienone is 1. The molecular formula is C11H11ClN2. The largest absolute Gasteiger partial charge is 0.299 e. The van der Waals surface area contributed by atoms with Crippen LogP contribution in [0.1, 0.15) is 19.5 Å². The average Bonchev–Trinajstić information content (AvgIpc) is 2.47. The van der Waals surface area contributed by atoms with Gasteiger partial charge in [-0.05, 0) is 32.1 Å². The SMILES string of the molecule is CC(C)=Cc1cnc2ccc(Cl)cn12. The first-order valence-electron chi connectivity index (χ1n) is 4.44. The van der Waals surface area contributed by atoms with E-state index in [0.717, 1.165) is 16.4 Å². The van der Waals surface area contributed by atoms with E-state index >= 15 is 0 Å². The normalized spacial score (nSPS) is 10.5. The monoisotopic (exact) mass is 206 g/mol. The molecule has 0 unspecified atom stereocenters. The van der Waals surface area contributed by atoms with Gasteiger partial charge in [-0.2, -0.15) is 0 Å². The van der Waals surface area contributed by atoms with Gasteiger partial charge in [-0.25, -0.2) is 4.98 Å². The van der Waals surface area contributed by atoms with Crippen molar-refractivity contribution in [3.05, 3.63) is 40.8 Å². The zero-order chi connectivity index (χ0) is 10.1. The quantitative estimate of drug-likeness (QED) is 0.699. The molecule has 0 N–H and O–H groups in total. The molecule has 2 nitrogen and oxygen atoms in total. The molecule has 0 atom stereocenters. The van der Waals surface area contributed by atoms with Gasteiger partial charge in [-0.3, -0.25) is 4.40 Å². The molecule has 0 bridgehead atoms. The van der Waals surface area contributed by atoms with Crippen molar-refractivity contribution in [1.82, 2.24) is 9.38 Å². The lowest BCUT2D eigenvalue weighted by molar-refractivity contribution is 1.16. The van der Waals surface area contributed by atoms with Crippen LogP contribution in [0.25, 0.3) is 11.7 Å². The second-order valence-corrected chi connectivity index (χ2v) is 3.92. The summed E-state index contributed by atoms with van der Waals surface area (Å²) < 4.78 is 1.98. The molecule has 0 aliphatic heterocycles. The van der Waals surface area contributed by atoms with Crippen molar-refractivity contribution in [2.24, 2.45) is 0 Å². The van der Waals surface area contributed by atoms with Crippen LogP contribution in [-0.4, -0.2) is 9.38 Å². The number of rotatable bonds is 1. The van der Waals surface area contributed by atoms with Gasteiger partial charge < -0.3 is 0 Å². The first-order valence-corrected chi connectivity index (χ1v) is 4.82. The maximum atomic E-state index is 5.91. The van der Waals surface area contributed by atoms with E-state index in [1.807, 2.05) is 28.9 Å². The van der Waals surface area contributed by atoms with Crippen molar-refractivity contribution < 1.29 is 0 Å². The molecule has 14 heavy (non-hydrogen) atoms. The number of hydrogen-bond acceptors (Lipinski definition) is 1. The summed E-state index contributed by atoms with van der Waals surface area (Å²) in [4.78, 5) is 4.27. The minimum Gasteiger partial charge on any atom is -0.299 e. The number of fused-ring (bicyclic) bond motifs is 1. The Morgan fingerprint density at radius 2 is 2.21 bits per heavy atom. The Morgan fingerprint density at radius 3 is 2.93 bits per heavy atom. The predicted octanol–water partition coefficient (Wildman–Crippen LogP) is 3.41. The van der Waals surface area contributed by atoms with Crippen LogP contribution in [0.4, 0.5) is 0 Å². The highest BCUT2D eigenvalue weighted by atomic mass is 35.5. The van der Waals surface area contributed by atoms with Gasteiger partial charge in [0.15, 0.2) is 0 Å². The number of imidazole rings is 1. The molecule has 2 aromatic rings. The zero-order valence-electron chi connectivity index (χ0n) is 8.16. The van der Waals surface area contributed by atoms with E-state index in [0.29, 0.717) is 0 Å². The van der Waals surface area contributed by atoms with E-state index < -0.39 is 0 Å². The van der Waals surface area contributed by atoms with Crippen molar-refractivity contribution in [2.75, 3.05) is 0 Å². The van der Waals surface area contributed by atoms with Gasteiger partial charge >= 0.3 is 0 Å². The summed E-state index contributed by atoms with van der Waals surface area (Å²) in [5.41, 5.74) is 3.22. The minimum absolute atomic E-state index is 0.721. The molecule has 2 heterocycles. The van der Waals surface area contributed by atoms with Crippen LogP contribution in [0.3, 0.4) is 0 Å². The molecule has 0 aliphatic carbocycles. The lowest BCUT2D eigenvalue weighted by atomic mass is 10.3. The Morgan fingerprint density at radius 1 is 1.43 bits per heavy atom. The van der Waals surface area contributed by atoms with Crippen LogP contribution >= 0.6 is 11.6 Å². The number of pyridine rings is 1. The molecule has 0 aliphatic rings. The van der Waals surface area contributed by atoms with E-state index in [9.17, 15) is 0 Å². The maximum Gasteiger partial charge on any atom is 0.137 e. The summed E-state index contributed by atoms with van der Waals surface area (Å²) in [7, 11) is 0. The van der Waals surface area contributed by atoms with Gasteiger partial charge in [0.2, 0.25) is 0 Å². The van der Waals surface area contributed by atoms with Crippen LogP contribution in [-0.2, 0) is 0 Å². The van der Waals surface area contributed by atoms with Gasteiger partial charge in [-0.1, -0.05) is 17.2 Å². The molecule has 2 aromatic heterocycles. The number of nitrogens with zero attached hydrogens (tertiary/aromatic N) is 2. The van der Waals surface area contributed by atoms with Crippen LogP contribution in [0.15, 0.2) is 30.1 Å². The molecule has 3 heteroatoms. The van der Waals surface area contributed by atoms with Gasteiger partial charge in [0.1, 0.15) is 5.65 Å². The summed E-state index contributed by atoms with van der Waals surface area (Å²) in [5.74, 6) is 0. The van der Waals surface area contributed by atoms with Crippen molar-refractivity contribution in [2.45, 2.75) is 13.8 Å². The standard InChI is InChI=1S/C11H11ClN2/c1-8(2)5-10-6-13-11-4-3-9(12)7-14(10)11/h3-7H,1-2H3. The summed E-state index contributed by atoms with van der Waals surface area (Å²) >= 11 is 5.91. The van der Waals surface area contributed by atoms with Crippen molar-refractivity contribution in [1.29, 1.82) is 0 Å². The lowest BCUT2D eigenvalue weighted by Crippen LogP contribution is -1.86. The fraction of sp³-hybridized carbons (Fsp3) is 0.182. The van der Waals surface area contributed by atoms with E-state index in [-0.39, 0.29) is 0 Å². The van der Waals surface area contributed by atoms with Crippen LogP contribution < -0.4 is 0 Å². The number of aromatic nitrogens is 2. The summed E-state index contributed by atoms with van der Waals surface area (Å²) in [6.45, 7) is 4.12. The van der Waals surface area contributed by atoms with E-state index in [2.05, 4.69) is 24.9 Å². The first kappa shape index (κ1) is 9.28. The van der Waals surface area contributed by atoms with Gasteiger partial charge in [-0.15, -0.1) is 0 Å². The molecular weight excluding hydrogens is 196 g/mol. The second-order valence-electron chi connectivity index (χ2n) is 3.48. The highest BCUT2D eigenvalue weighted by molar-refractivity contribution is 6.30. The van der Waals surface area contributed by atoms with Gasteiger partial charge in [0, 0.05) is 6.20 Å². The third kappa shape index (κ3) is 1.66. The molecule has 0 spiro atoms. The zero-order valence-corrected chi connectivity index (χ0v) is 8.92. The molecule has 0 saturated heterocycles. The summed E-state index contributed by atoms with van der Waals surface area (Å²) in [6.07, 6.45) is 5.80. The smallest absolute Gasteiger partial charge is 0.137 e. The molecule has 0 radical (unpaired) electrons. The second kappa shape index (κ2) is 3.46. The van der Waals surface area contributed by atoms with Crippen molar-refractivity contribution in [3.8, 4) is 0 Å². The van der Waals surface area contributed by atoms with E-state index in [4.69, 9.17) is 11.6 Å². The maximum absolute atomic E-state index is 5.91. The van der Waals surface area contributed by atoms with Crippen LogP contribution in [0, 0.1) is 0 Å². The summed E-state index contributed by atoms with van der Waals surface area (Å²) in [6, 6.07) is 3.75. The molecule has 72 valence electrons. The Labute approximate surface area is 87.8 Å². The Hall–Kier alpha value is -1.28. The Balaban J connectivity index is 2.67. The molecule has 0 aromatic carbocycles. The molecule has 0 amide bonds. The van der Waals surface area contributed by atoms with Crippen LogP contribution in [0.2, 0.25) is 5.02 Å². The van der Waals surface area contributed by atoms with Crippen molar-refractivity contribution in [3.63, 3.8) is 0 Å². The van der Waals surface area contributed by atoms with Crippen LogP contribution in [0.5, 0.6) is 0 Å².